The molecule has 1 aromatic carbocycles. The highest BCUT2D eigenvalue weighted by molar-refractivity contribution is 5.82. The van der Waals surface area contributed by atoms with E-state index < -0.39 is 0 Å². The quantitative estimate of drug-likeness (QED) is 0.836. The zero-order valence-electron chi connectivity index (χ0n) is 14.6. The minimum absolute atomic E-state index is 0.119. The van der Waals surface area contributed by atoms with E-state index in [1.54, 1.807) is 7.11 Å². The molecule has 1 atom stereocenters. The van der Waals surface area contributed by atoms with Crippen molar-refractivity contribution in [2.45, 2.75) is 24.9 Å². The van der Waals surface area contributed by atoms with Crippen molar-refractivity contribution in [1.29, 1.82) is 0 Å². The Labute approximate surface area is 148 Å². The Morgan fingerprint density at radius 3 is 3.12 bits per heavy atom. The Morgan fingerprint density at radius 1 is 1.44 bits per heavy atom. The molecule has 134 valence electrons. The number of hydrogen-bond acceptors (Lipinski definition) is 5. The van der Waals surface area contributed by atoms with Crippen LogP contribution in [0.2, 0.25) is 0 Å². The van der Waals surface area contributed by atoms with Crippen molar-refractivity contribution in [3.8, 4) is 11.5 Å². The SMILES string of the molecule is COc1cccc2c1OCC(CN1CCN[C@H](C(=O)NC3CC3)C1)=C2. The highest BCUT2D eigenvalue weighted by atomic mass is 16.5. The summed E-state index contributed by atoms with van der Waals surface area (Å²) < 4.78 is 11.3. The van der Waals surface area contributed by atoms with E-state index in [0.29, 0.717) is 12.6 Å². The lowest BCUT2D eigenvalue weighted by Gasteiger charge is -2.34. The molecule has 1 saturated carbocycles. The zero-order chi connectivity index (χ0) is 17.2. The van der Waals surface area contributed by atoms with E-state index in [4.69, 9.17) is 9.47 Å². The number of hydrogen-bond donors (Lipinski definition) is 2. The van der Waals surface area contributed by atoms with Crippen LogP contribution in [-0.4, -0.2) is 62.8 Å². The van der Waals surface area contributed by atoms with E-state index >= 15 is 0 Å². The number of nitrogens with zero attached hydrogens (tertiary/aromatic N) is 1. The summed E-state index contributed by atoms with van der Waals surface area (Å²) >= 11 is 0. The Bertz CT molecular complexity index is 684. The van der Waals surface area contributed by atoms with Gasteiger partial charge in [-0.05, 0) is 30.6 Å². The van der Waals surface area contributed by atoms with Crippen molar-refractivity contribution in [1.82, 2.24) is 15.5 Å². The monoisotopic (exact) mass is 343 g/mol. The first-order chi connectivity index (χ1) is 12.2. The van der Waals surface area contributed by atoms with Gasteiger partial charge in [-0.15, -0.1) is 0 Å². The number of rotatable bonds is 5. The molecule has 0 aromatic heterocycles. The minimum atomic E-state index is -0.119. The maximum absolute atomic E-state index is 12.3. The Morgan fingerprint density at radius 2 is 2.32 bits per heavy atom. The summed E-state index contributed by atoms with van der Waals surface area (Å²) in [6, 6.07) is 6.22. The van der Waals surface area contributed by atoms with Crippen molar-refractivity contribution < 1.29 is 14.3 Å². The van der Waals surface area contributed by atoms with Gasteiger partial charge in [0, 0.05) is 37.8 Å². The third kappa shape index (κ3) is 3.80. The molecule has 1 saturated heterocycles. The van der Waals surface area contributed by atoms with Gasteiger partial charge in [-0.25, -0.2) is 0 Å². The van der Waals surface area contributed by atoms with Crippen LogP contribution in [0.5, 0.6) is 11.5 Å². The molecule has 1 amide bonds. The molecule has 0 unspecified atom stereocenters. The highest BCUT2D eigenvalue weighted by Gasteiger charge is 2.30. The highest BCUT2D eigenvalue weighted by Crippen LogP contribution is 2.35. The number of ether oxygens (including phenoxy) is 2. The summed E-state index contributed by atoms with van der Waals surface area (Å²) in [5, 5.41) is 6.42. The van der Waals surface area contributed by atoms with Crippen molar-refractivity contribution >= 4 is 12.0 Å². The maximum Gasteiger partial charge on any atom is 0.238 e. The Kier molecular flexibility index (Phi) is 4.63. The van der Waals surface area contributed by atoms with Crippen molar-refractivity contribution in [3.05, 3.63) is 29.3 Å². The number of methoxy groups -OCH3 is 1. The minimum Gasteiger partial charge on any atom is -0.493 e. The summed E-state index contributed by atoms with van der Waals surface area (Å²) in [5.74, 6) is 1.72. The molecule has 1 aromatic rings. The molecule has 25 heavy (non-hydrogen) atoms. The van der Waals surface area contributed by atoms with Crippen LogP contribution >= 0.6 is 0 Å². The topological polar surface area (TPSA) is 62.8 Å². The van der Waals surface area contributed by atoms with E-state index in [9.17, 15) is 4.79 Å². The lowest BCUT2D eigenvalue weighted by molar-refractivity contribution is -0.124. The molecule has 2 fully saturated rings. The van der Waals surface area contributed by atoms with E-state index in [2.05, 4.69) is 21.6 Å². The average Bonchev–Trinajstić information content (AvgIpc) is 3.45. The standard InChI is InChI=1S/C19H25N3O3/c1-24-17-4-2-3-14-9-13(12-25-18(14)17)10-22-8-7-20-16(11-22)19(23)21-15-5-6-15/h2-4,9,15-16,20H,5-8,10-12H2,1H3,(H,21,23)/t16-/m0/s1. The summed E-state index contributed by atoms with van der Waals surface area (Å²) in [5.41, 5.74) is 2.28. The third-order valence-corrected chi connectivity index (χ3v) is 4.92. The van der Waals surface area contributed by atoms with Crippen LogP contribution in [0.3, 0.4) is 0 Å². The molecule has 0 bridgehead atoms. The first kappa shape index (κ1) is 16.4. The smallest absolute Gasteiger partial charge is 0.238 e. The van der Waals surface area contributed by atoms with Crippen LogP contribution in [0.25, 0.3) is 6.08 Å². The fourth-order valence-corrected chi connectivity index (χ4v) is 3.43. The van der Waals surface area contributed by atoms with E-state index in [0.717, 1.165) is 56.1 Å². The normalized spacial score (nSPS) is 23.2. The molecule has 3 aliphatic rings. The molecule has 6 nitrogen and oxygen atoms in total. The van der Waals surface area contributed by atoms with Crippen LogP contribution in [0.15, 0.2) is 23.8 Å². The molecule has 2 aliphatic heterocycles. The third-order valence-electron chi connectivity index (χ3n) is 4.92. The summed E-state index contributed by atoms with van der Waals surface area (Å²) in [7, 11) is 1.66. The van der Waals surface area contributed by atoms with Gasteiger partial charge in [-0.3, -0.25) is 9.69 Å². The number of carbonyl (C=O) groups excluding carboxylic acids is 1. The number of nitrogens with one attached hydrogen (secondary N) is 2. The molecule has 4 rings (SSSR count). The van der Waals surface area contributed by atoms with Crippen molar-refractivity contribution in [3.63, 3.8) is 0 Å². The predicted octanol–water partition coefficient (Wildman–Crippen LogP) is 1.02. The van der Waals surface area contributed by atoms with Gasteiger partial charge in [0.1, 0.15) is 6.61 Å². The van der Waals surface area contributed by atoms with E-state index in [-0.39, 0.29) is 11.9 Å². The van der Waals surface area contributed by atoms with Crippen molar-refractivity contribution in [2.24, 2.45) is 0 Å². The second-order valence-electron chi connectivity index (χ2n) is 6.99. The van der Waals surface area contributed by atoms with Gasteiger partial charge in [-0.2, -0.15) is 0 Å². The van der Waals surface area contributed by atoms with Crippen molar-refractivity contribution in [2.75, 3.05) is 39.9 Å². The molecular formula is C19H25N3O3. The largest absolute Gasteiger partial charge is 0.493 e. The fourth-order valence-electron chi connectivity index (χ4n) is 3.43. The van der Waals surface area contributed by atoms with Gasteiger partial charge in [0.15, 0.2) is 11.5 Å². The summed E-state index contributed by atoms with van der Waals surface area (Å²) in [6.07, 6.45) is 4.42. The second-order valence-corrected chi connectivity index (χ2v) is 6.99. The van der Waals surface area contributed by atoms with Crippen LogP contribution in [-0.2, 0) is 4.79 Å². The van der Waals surface area contributed by atoms with Crippen LogP contribution < -0.4 is 20.1 Å². The van der Waals surface area contributed by atoms with Gasteiger partial charge < -0.3 is 20.1 Å². The Hall–Kier alpha value is -2.05. The summed E-state index contributed by atoms with van der Waals surface area (Å²) in [6.45, 7) is 3.90. The molecular weight excluding hydrogens is 318 g/mol. The number of para-hydroxylation sites is 1. The first-order valence-corrected chi connectivity index (χ1v) is 8.98. The van der Waals surface area contributed by atoms with Gasteiger partial charge in [0.2, 0.25) is 5.91 Å². The van der Waals surface area contributed by atoms with Gasteiger partial charge in [-0.1, -0.05) is 12.1 Å². The first-order valence-electron chi connectivity index (χ1n) is 8.98. The number of piperazine rings is 1. The van der Waals surface area contributed by atoms with E-state index in [1.165, 1.54) is 5.57 Å². The zero-order valence-corrected chi connectivity index (χ0v) is 14.6. The van der Waals surface area contributed by atoms with Gasteiger partial charge >= 0.3 is 0 Å². The lowest BCUT2D eigenvalue weighted by Crippen LogP contribution is -2.57. The van der Waals surface area contributed by atoms with Crippen LogP contribution in [0, 0.1) is 0 Å². The van der Waals surface area contributed by atoms with Crippen LogP contribution in [0.1, 0.15) is 18.4 Å². The number of benzene rings is 1. The molecule has 6 heteroatoms. The Balaban J connectivity index is 1.39. The van der Waals surface area contributed by atoms with Gasteiger partial charge in [0.05, 0.1) is 13.2 Å². The molecule has 1 aliphatic carbocycles. The lowest BCUT2D eigenvalue weighted by atomic mass is 10.1. The molecule has 2 N–H and O–H groups in total. The predicted molar refractivity (Wildman–Crippen MR) is 95.9 cm³/mol. The number of carbonyl (C=O) groups is 1. The molecule has 0 spiro atoms. The van der Waals surface area contributed by atoms with E-state index in [1.807, 2.05) is 18.2 Å². The molecule has 0 radical (unpaired) electrons. The fraction of sp³-hybridized carbons (Fsp3) is 0.526. The second kappa shape index (κ2) is 7.06. The summed E-state index contributed by atoms with van der Waals surface area (Å²) in [4.78, 5) is 14.6. The average molecular weight is 343 g/mol. The maximum atomic E-state index is 12.3. The van der Waals surface area contributed by atoms with Crippen LogP contribution in [0.4, 0.5) is 0 Å². The van der Waals surface area contributed by atoms with Gasteiger partial charge in [0.25, 0.3) is 0 Å². The molecule has 2 heterocycles. The number of amides is 1. The number of fused-ring (bicyclic) bond motifs is 1.